The van der Waals surface area contributed by atoms with Gasteiger partial charge in [0.05, 0.1) is 25.9 Å². The monoisotopic (exact) mass is 595 g/mol. The third-order valence-corrected chi connectivity index (χ3v) is 7.73. The summed E-state index contributed by atoms with van der Waals surface area (Å²) in [5, 5.41) is 12.2. The number of fused-ring (bicyclic) bond motifs is 1. The molecule has 1 saturated heterocycles. The van der Waals surface area contributed by atoms with Gasteiger partial charge in [-0.15, -0.1) is 0 Å². The van der Waals surface area contributed by atoms with E-state index in [1.807, 2.05) is 6.92 Å². The van der Waals surface area contributed by atoms with Crippen molar-refractivity contribution in [2.24, 2.45) is 7.05 Å². The maximum Gasteiger partial charge on any atom is 0.326 e. The molecule has 2 N–H and O–H groups in total. The van der Waals surface area contributed by atoms with Crippen molar-refractivity contribution in [3.05, 3.63) is 81.7 Å². The fourth-order valence-electron chi connectivity index (χ4n) is 5.32. The minimum atomic E-state index is -1.54. The number of pyridine rings is 2. The van der Waals surface area contributed by atoms with Crippen LogP contribution in [0.4, 0.5) is 14.5 Å². The van der Waals surface area contributed by atoms with E-state index < -0.39 is 35.1 Å². The number of aliphatic carboxylic acids is 1. The molecule has 1 aliphatic heterocycles. The molecule has 226 valence electrons. The first-order chi connectivity index (χ1) is 20.5. The quantitative estimate of drug-likeness (QED) is 0.319. The molecule has 0 radical (unpaired) electrons. The Balaban J connectivity index is 1.44. The lowest BCUT2D eigenvalue weighted by Crippen LogP contribution is -2.44. The molecule has 0 bridgehead atoms. The number of morpholine rings is 1. The number of benzene rings is 1. The number of aromatic nitrogens is 3. The maximum atomic E-state index is 15.1. The van der Waals surface area contributed by atoms with Gasteiger partial charge in [0, 0.05) is 67.2 Å². The van der Waals surface area contributed by atoms with E-state index in [-0.39, 0.29) is 29.3 Å². The van der Waals surface area contributed by atoms with Crippen LogP contribution >= 0.6 is 0 Å². The van der Waals surface area contributed by atoms with Gasteiger partial charge in [-0.3, -0.25) is 9.59 Å². The number of nitrogens with zero attached hydrogens (tertiary/aromatic N) is 4. The zero-order valence-corrected chi connectivity index (χ0v) is 24.1. The molecule has 0 spiro atoms. The lowest BCUT2D eigenvalue weighted by Gasteiger charge is -2.35. The van der Waals surface area contributed by atoms with Gasteiger partial charge in [0.25, 0.3) is 11.5 Å². The highest BCUT2D eigenvalue weighted by Gasteiger charge is 2.29. The average Bonchev–Trinajstić information content (AvgIpc) is 3.46. The van der Waals surface area contributed by atoms with E-state index in [0.717, 1.165) is 12.1 Å². The highest BCUT2D eigenvalue weighted by atomic mass is 19.1. The molecule has 4 aromatic rings. The summed E-state index contributed by atoms with van der Waals surface area (Å²) in [4.78, 5) is 44.5. The summed E-state index contributed by atoms with van der Waals surface area (Å²) >= 11 is 0. The van der Waals surface area contributed by atoms with Crippen LogP contribution in [-0.4, -0.2) is 69.9 Å². The molecule has 1 aromatic carbocycles. The van der Waals surface area contributed by atoms with Crippen molar-refractivity contribution in [1.29, 1.82) is 0 Å². The Kier molecular flexibility index (Phi) is 8.18. The Morgan fingerprint density at radius 1 is 1.23 bits per heavy atom. The topological polar surface area (TPSA) is 127 Å². The van der Waals surface area contributed by atoms with Crippen molar-refractivity contribution in [2.75, 3.05) is 31.8 Å². The summed E-state index contributed by atoms with van der Waals surface area (Å²) in [5.41, 5.74) is 1.30. The highest BCUT2D eigenvalue weighted by Crippen LogP contribution is 2.31. The molecule has 1 fully saturated rings. The first-order valence-corrected chi connectivity index (χ1v) is 13.6. The van der Waals surface area contributed by atoms with E-state index in [1.54, 1.807) is 47.7 Å². The first kappa shape index (κ1) is 29.7. The Labute approximate surface area is 245 Å². The molecule has 0 aliphatic carbocycles. The zero-order valence-electron chi connectivity index (χ0n) is 24.1. The van der Waals surface area contributed by atoms with Crippen LogP contribution < -0.4 is 20.5 Å². The molecule has 1 amide bonds. The van der Waals surface area contributed by atoms with Gasteiger partial charge in [0.2, 0.25) is 0 Å². The fraction of sp³-hybridized carbons (Fsp3) is 0.333. The Morgan fingerprint density at radius 2 is 1.95 bits per heavy atom. The van der Waals surface area contributed by atoms with Gasteiger partial charge in [0.1, 0.15) is 34.6 Å². The van der Waals surface area contributed by atoms with Crippen molar-refractivity contribution in [1.82, 2.24) is 19.3 Å². The van der Waals surface area contributed by atoms with Crippen molar-refractivity contribution in [3.63, 3.8) is 0 Å². The number of carbonyl (C=O) groups excluding carboxylic acids is 1. The van der Waals surface area contributed by atoms with Crippen LogP contribution in [0.2, 0.25) is 0 Å². The number of nitrogens with one attached hydrogen (secondary N) is 1. The second-order valence-electron chi connectivity index (χ2n) is 10.4. The number of ether oxygens (including phenoxy) is 2. The number of halogens is 2. The summed E-state index contributed by atoms with van der Waals surface area (Å²) in [6.45, 7) is 4.86. The van der Waals surface area contributed by atoms with Gasteiger partial charge in [-0.25, -0.2) is 18.6 Å². The highest BCUT2D eigenvalue weighted by molar-refractivity contribution is 5.97. The number of rotatable bonds is 8. The van der Waals surface area contributed by atoms with Gasteiger partial charge in [-0.2, -0.15) is 0 Å². The van der Waals surface area contributed by atoms with Crippen molar-refractivity contribution in [2.45, 2.75) is 32.4 Å². The largest absolute Gasteiger partial charge is 0.496 e. The first-order valence-electron chi connectivity index (χ1n) is 13.6. The molecule has 2 atom stereocenters. The van der Waals surface area contributed by atoms with Gasteiger partial charge in [-0.1, -0.05) is 0 Å². The SMILES string of the molecule is COc1cc(C)n(C)c(=O)c1-c1ccc(C[C@H](NC(=O)c2c(F)cc(N3CCOC[C@@H]3C)cc2F)C(=O)O)n2ccnc12. The lowest BCUT2D eigenvalue weighted by molar-refractivity contribution is -0.139. The number of anilines is 1. The van der Waals surface area contributed by atoms with E-state index in [0.29, 0.717) is 48.1 Å². The molecule has 0 saturated carbocycles. The molecule has 4 heterocycles. The zero-order chi connectivity index (χ0) is 31.0. The van der Waals surface area contributed by atoms with Crippen LogP contribution in [0.5, 0.6) is 5.75 Å². The summed E-state index contributed by atoms with van der Waals surface area (Å²) < 4.78 is 44.1. The predicted molar refractivity (Wildman–Crippen MR) is 154 cm³/mol. The number of carboxylic acids is 1. The summed E-state index contributed by atoms with van der Waals surface area (Å²) in [7, 11) is 3.09. The second-order valence-corrected chi connectivity index (χ2v) is 10.4. The number of imidazole rings is 1. The smallest absolute Gasteiger partial charge is 0.326 e. The minimum Gasteiger partial charge on any atom is -0.496 e. The van der Waals surface area contributed by atoms with E-state index in [2.05, 4.69) is 10.3 Å². The van der Waals surface area contributed by atoms with Crippen molar-refractivity contribution in [3.8, 4) is 16.9 Å². The van der Waals surface area contributed by atoms with E-state index in [4.69, 9.17) is 9.47 Å². The fourth-order valence-corrected chi connectivity index (χ4v) is 5.32. The predicted octanol–water partition coefficient (Wildman–Crippen LogP) is 2.95. The van der Waals surface area contributed by atoms with Crippen LogP contribution in [0, 0.1) is 18.6 Å². The molecule has 0 unspecified atom stereocenters. The number of carbonyl (C=O) groups is 2. The Morgan fingerprint density at radius 3 is 2.60 bits per heavy atom. The van der Waals surface area contributed by atoms with Crippen LogP contribution in [0.3, 0.4) is 0 Å². The molecule has 5 rings (SSSR count). The van der Waals surface area contributed by atoms with Crippen molar-refractivity contribution >= 4 is 23.2 Å². The van der Waals surface area contributed by atoms with Crippen molar-refractivity contribution < 1.29 is 33.0 Å². The molecule has 13 heteroatoms. The summed E-state index contributed by atoms with van der Waals surface area (Å²) in [6.07, 6.45) is 2.83. The maximum absolute atomic E-state index is 15.1. The molecular formula is C30H31F2N5O6. The summed E-state index contributed by atoms with van der Waals surface area (Å²) in [5.74, 6) is -4.46. The number of aryl methyl sites for hydroxylation is 1. The van der Waals surface area contributed by atoms with Crippen LogP contribution in [0.1, 0.15) is 28.7 Å². The third kappa shape index (κ3) is 5.55. The number of methoxy groups -OCH3 is 1. The van der Waals surface area contributed by atoms with Gasteiger partial charge in [0.15, 0.2) is 0 Å². The summed E-state index contributed by atoms with van der Waals surface area (Å²) in [6, 6.07) is 5.42. The number of hydrogen-bond donors (Lipinski definition) is 2. The average molecular weight is 596 g/mol. The standard InChI is InChI=1S/C30H31F2N5O6/c1-16-11-24(42-4)25(29(39)35(16)3)20-6-5-18(37-8-7-33-27(20)37)14-23(30(40)41)34-28(38)26-21(31)12-19(13-22(26)32)36-9-10-43-15-17(36)2/h5-8,11-13,17,23H,9-10,14-15H2,1-4H3,(H,34,38)(H,40,41)/t17-,23-/m0/s1. The molecule has 11 nitrogen and oxygen atoms in total. The molecule has 3 aromatic heterocycles. The normalized spacial score (nSPS) is 15.9. The van der Waals surface area contributed by atoms with Gasteiger partial charge < -0.3 is 33.8 Å². The number of hydrogen-bond acceptors (Lipinski definition) is 7. The molecule has 1 aliphatic rings. The second kappa shape index (κ2) is 11.8. The number of carboxylic acid groups (broad SMARTS) is 1. The molecule has 43 heavy (non-hydrogen) atoms. The Hall–Kier alpha value is -4.78. The number of amides is 1. The van der Waals surface area contributed by atoms with E-state index >= 15 is 8.78 Å². The third-order valence-electron chi connectivity index (χ3n) is 7.73. The molecular weight excluding hydrogens is 564 g/mol. The van der Waals surface area contributed by atoms with Crippen LogP contribution in [0.25, 0.3) is 16.8 Å². The van der Waals surface area contributed by atoms with Gasteiger partial charge in [-0.05, 0) is 38.1 Å². The lowest BCUT2D eigenvalue weighted by atomic mass is 10.0. The van der Waals surface area contributed by atoms with E-state index in [1.165, 1.54) is 17.9 Å². The van der Waals surface area contributed by atoms with Gasteiger partial charge >= 0.3 is 5.97 Å². The van der Waals surface area contributed by atoms with Crippen LogP contribution in [0.15, 0.2) is 47.5 Å². The Bertz CT molecular complexity index is 1760. The van der Waals surface area contributed by atoms with Crippen LogP contribution in [-0.2, 0) is 23.0 Å². The van der Waals surface area contributed by atoms with E-state index in [9.17, 15) is 19.5 Å². The minimum absolute atomic E-state index is 0.120.